The Morgan fingerprint density at radius 1 is 1.33 bits per heavy atom. The number of carbonyl (C=O) groups is 3. The number of benzene rings is 1. The molecule has 1 saturated heterocycles. The molecule has 0 bridgehead atoms. The lowest BCUT2D eigenvalue weighted by Gasteiger charge is -2.34. The number of nitrogens with zero attached hydrogens (tertiary/aromatic N) is 1. The summed E-state index contributed by atoms with van der Waals surface area (Å²) in [5.74, 6) is -1.82. The third kappa shape index (κ3) is 3.39. The largest absolute Gasteiger partial charge is 0.481 e. The average Bonchev–Trinajstić information content (AvgIpc) is 2.48. The van der Waals surface area contributed by atoms with E-state index in [9.17, 15) is 14.4 Å². The Balaban J connectivity index is 2.21. The first-order chi connectivity index (χ1) is 10.0. The van der Waals surface area contributed by atoms with Crippen LogP contribution in [0.25, 0.3) is 0 Å². The first-order valence-corrected chi connectivity index (χ1v) is 6.92. The second-order valence-electron chi connectivity index (χ2n) is 4.95. The van der Waals surface area contributed by atoms with Crippen molar-refractivity contribution in [3.63, 3.8) is 0 Å². The zero-order valence-corrected chi connectivity index (χ0v) is 11.8. The molecule has 0 spiro atoms. The summed E-state index contributed by atoms with van der Waals surface area (Å²) >= 11 is 0. The standard InChI is InChI=1S/C15H18N2O4/c1-2-10-3-5-11(6-4-10)15(21)17-8-7-16-14(20)12(17)9-13(18)19/h3-6,12H,2,7-9H2,1H3,(H,16,20)(H,18,19). The minimum absolute atomic E-state index is 0.307. The van der Waals surface area contributed by atoms with Crippen molar-refractivity contribution in [2.45, 2.75) is 25.8 Å². The maximum absolute atomic E-state index is 12.5. The molecule has 112 valence electrons. The molecule has 1 aliphatic rings. The fraction of sp³-hybridized carbons (Fsp3) is 0.400. The predicted octanol–water partition coefficient (Wildman–Crippen LogP) is 0.664. The van der Waals surface area contributed by atoms with Crippen LogP contribution in [-0.2, 0) is 16.0 Å². The summed E-state index contributed by atoms with van der Waals surface area (Å²) in [7, 11) is 0. The number of carbonyl (C=O) groups excluding carboxylic acids is 2. The van der Waals surface area contributed by atoms with Crippen LogP contribution in [0.4, 0.5) is 0 Å². The van der Waals surface area contributed by atoms with E-state index in [2.05, 4.69) is 5.32 Å². The second kappa shape index (κ2) is 6.39. The highest BCUT2D eigenvalue weighted by Crippen LogP contribution is 2.15. The molecule has 0 aliphatic carbocycles. The van der Waals surface area contributed by atoms with Crippen LogP contribution in [0.3, 0.4) is 0 Å². The monoisotopic (exact) mass is 290 g/mol. The molecule has 1 heterocycles. The molecule has 6 nitrogen and oxygen atoms in total. The van der Waals surface area contributed by atoms with Gasteiger partial charge in [-0.05, 0) is 24.1 Å². The Morgan fingerprint density at radius 2 is 2.00 bits per heavy atom. The third-order valence-corrected chi connectivity index (χ3v) is 3.57. The highest BCUT2D eigenvalue weighted by Gasteiger charge is 2.34. The molecule has 0 aromatic heterocycles. The van der Waals surface area contributed by atoms with Crippen molar-refractivity contribution in [2.75, 3.05) is 13.1 Å². The summed E-state index contributed by atoms with van der Waals surface area (Å²) in [6.07, 6.45) is 0.493. The first-order valence-electron chi connectivity index (χ1n) is 6.92. The van der Waals surface area contributed by atoms with Crippen LogP contribution in [0.1, 0.15) is 29.3 Å². The molecule has 1 unspecified atom stereocenters. The van der Waals surface area contributed by atoms with Gasteiger partial charge in [0.1, 0.15) is 6.04 Å². The predicted molar refractivity (Wildman–Crippen MR) is 75.9 cm³/mol. The normalized spacial score (nSPS) is 18.2. The van der Waals surface area contributed by atoms with Crippen LogP contribution in [0.2, 0.25) is 0 Å². The van der Waals surface area contributed by atoms with Crippen LogP contribution < -0.4 is 5.32 Å². The van der Waals surface area contributed by atoms with Crippen molar-refractivity contribution >= 4 is 17.8 Å². The molecular weight excluding hydrogens is 272 g/mol. The minimum Gasteiger partial charge on any atom is -0.481 e. The minimum atomic E-state index is -1.10. The molecule has 2 rings (SSSR count). The first kappa shape index (κ1) is 15.0. The lowest BCUT2D eigenvalue weighted by atomic mass is 10.0. The number of hydrogen-bond donors (Lipinski definition) is 2. The Morgan fingerprint density at radius 3 is 2.57 bits per heavy atom. The van der Waals surface area contributed by atoms with Gasteiger partial charge in [0.15, 0.2) is 0 Å². The molecule has 0 radical (unpaired) electrons. The van der Waals surface area contributed by atoms with Crippen LogP contribution in [0.15, 0.2) is 24.3 Å². The number of aliphatic carboxylic acids is 1. The van der Waals surface area contributed by atoms with Gasteiger partial charge in [0, 0.05) is 18.7 Å². The Bertz CT molecular complexity index is 553. The van der Waals surface area contributed by atoms with Crippen molar-refractivity contribution in [3.8, 4) is 0 Å². The highest BCUT2D eigenvalue weighted by atomic mass is 16.4. The van der Waals surface area contributed by atoms with Gasteiger partial charge >= 0.3 is 5.97 Å². The van der Waals surface area contributed by atoms with E-state index in [1.54, 1.807) is 12.1 Å². The topological polar surface area (TPSA) is 86.7 Å². The van der Waals surface area contributed by atoms with Crippen molar-refractivity contribution in [1.82, 2.24) is 10.2 Å². The van der Waals surface area contributed by atoms with Crippen LogP contribution in [0, 0.1) is 0 Å². The van der Waals surface area contributed by atoms with E-state index in [0.29, 0.717) is 18.7 Å². The van der Waals surface area contributed by atoms with Gasteiger partial charge in [-0.25, -0.2) is 0 Å². The maximum atomic E-state index is 12.5. The lowest BCUT2D eigenvalue weighted by Crippen LogP contribution is -2.57. The van der Waals surface area contributed by atoms with Crippen molar-refractivity contribution < 1.29 is 19.5 Å². The van der Waals surface area contributed by atoms with Gasteiger partial charge in [-0.1, -0.05) is 19.1 Å². The molecule has 2 N–H and O–H groups in total. The zero-order chi connectivity index (χ0) is 15.4. The maximum Gasteiger partial charge on any atom is 0.305 e. The Labute approximate surface area is 122 Å². The fourth-order valence-electron chi connectivity index (χ4n) is 2.37. The van der Waals surface area contributed by atoms with Crippen molar-refractivity contribution in [1.29, 1.82) is 0 Å². The summed E-state index contributed by atoms with van der Waals surface area (Å²) in [6, 6.07) is 6.21. The smallest absolute Gasteiger partial charge is 0.305 e. The number of amides is 2. The summed E-state index contributed by atoms with van der Waals surface area (Å²) < 4.78 is 0. The Hall–Kier alpha value is -2.37. The van der Waals surface area contributed by atoms with Gasteiger partial charge in [-0.15, -0.1) is 0 Å². The molecule has 1 aromatic rings. The number of nitrogens with one attached hydrogen (secondary N) is 1. The van der Waals surface area contributed by atoms with Gasteiger partial charge in [0.25, 0.3) is 5.91 Å². The van der Waals surface area contributed by atoms with Crippen molar-refractivity contribution in [3.05, 3.63) is 35.4 Å². The van der Waals surface area contributed by atoms with Crippen LogP contribution in [0.5, 0.6) is 0 Å². The van der Waals surface area contributed by atoms with Gasteiger partial charge in [0.2, 0.25) is 5.91 Å². The van der Waals surface area contributed by atoms with Crippen LogP contribution in [-0.4, -0.2) is 46.9 Å². The van der Waals surface area contributed by atoms with E-state index in [1.165, 1.54) is 4.90 Å². The molecule has 0 saturated carbocycles. The van der Waals surface area contributed by atoms with Gasteiger partial charge in [-0.3, -0.25) is 14.4 Å². The highest BCUT2D eigenvalue weighted by molar-refractivity contribution is 5.99. The average molecular weight is 290 g/mol. The SMILES string of the molecule is CCc1ccc(C(=O)N2CCNC(=O)C2CC(=O)O)cc1. The summed E-state index contributed by atoms with van der Waals surface area (Å²) in [5.41, 5.74) is 1.59. The van der Waals surface area contributed by atoms with Crippen molar-refractivity contribution in [2.24, 2.45) is 0 Å². The van der Waals surface area contributed by atoms with Crippen LogP contribution >= 0.6 is 0 Å². The quantitative estimate of drug-likeness (QED) is 0.853. The second-order valence-corrected chi connectivity index (χ2v) is 4.95. The number of carboxylic acid groups (broad SMARTS) is 1. The Kier molecular flexibility index (Phi) is 4.57. The van der Waals surface area contributed by atoms with E-state index in [4.69, 9.17) is 5.11 Å². The van der Waals surface area contributed by atoms with E-state index in [0.717, 1.165) is 12.0 Å². The lowest BCUT2D eigenvalue weighted by molar-refractivity contribution is -0.142. The van der Waals surface area contributed by atoms with Gasteiger partial charge < -0.3 is 15.3 Å². The van der Waals surface area contributed by atoms with E-state index >= 15 is 0 Å². The number of rotatable bonds is 4. The number of carboxylic acids is 1. The molecule has 1 fully saturated rings. The van der Waals surface area contributed by atoms with E-state index in [1.807, 2.05) is 19.1 Å². The van der Waals surface area contributed by atoms with Gasteiger partial charge in [0.05, 0.1) is 6.42 Å². The molecule has 6 heteroatoms. The number of aryl methyl sites for hydroxylation is 1. The molecule has 1 aromatic carbocycles. The fourth-order valence-corrected chi connectivity index (χ4v) is 2.37. The summed E-state index contributed by atoms with van der Waals surface area (Å²) in [6.45, 7) is 2.68. The molecule has 1 atom stereocenters. The summed E-state index contributed by atoms with van der Waals surface area (Å²) in [5, 5.41) is 11.5. The number of hydrogen-bond acceptors (Lipinski definition) is 3. The molecule has 2 amide bonds. The molecular formula is C15H18N2O4. The van der Waals surface area contributed by atoms with E-state index in [-0.39, 0.29) is 12.3 Å². The van der Waals surface area contributed by atoms with E-state index < -0.39 is 17.9 Å². The third-order valence-electron chi connectivity index (χ3n) is 3.57. The number of piperazine rings is 1. The molecule has 1 aliphatic heterocycles. The van der Waals surface area contributed by atoms with Gasteiger partial charge in [-0.2, -0.15) is 0 Å². The summed E-state index contributed by atoms with van der Waals surface area (Å²) in [4.78, 5) is 36.5. The molecule has 21 heavy (non-hydrogen) atoms. The zero-order valence-electron chi connectivity index (χ0n) is 11.8.